The van der Waals surface area contributed by atoms with Gasteiger partial charge in [-0.2, -0.15) is 0 Å². The highest BCUT2D eigenvalue weighted by Crippen LogP contribution is 2.29. The van der Waals surface area contributed by atoms with Crippen LogP contribution in [0.3, 0.4) is 0 Å². The number of carboxylic acids is 1. The molecule has 3 nitrogen and oxygen atoms in total. The number of rotatable bonds is 3. The molecule has 1 aromatic heterocycles. The fourth-order valence-electron chi connectivity index (χ4n) is 2.24. The summed E-state index contributed by atoms with van der Waals surface area (Å²) in [6, 6.07) is 5.32. The molecule has 0 aliphatic rings. The Labute approximate surface area is 111 Å². The minimum Gasteiger partial charge on any atom is -0.481 e. The average molecular weight is 263 g/mol. The molecule has 0 amide bonds. The molecule has 1 N–H and O–H groups in total. The third kappa shape index (κ3) is 2.23. The maximum absolute atomic E-state index is 14.4. The second-order valence-electron chi connectivity index (χ2n) is 5.68. The van der Waals surface area contributed by atoms with Crippen LogP contribution < -0.4 is 0 Å². The van der Waals surface area contributed by atoms with Gasteiger partial charge in [-0.15, -0.1) is 0 Å². The largest absolute Gasteiger partial charge is 0.481 e. The summed E-state index contributed by atoms with van der Waals surface area (Å²) in [4.78, 5) is 11.1. The molecule has 0 bridgehead atoms. The van der Waals surface area contributed by atoms with Gasteiger partial charge in [0.15, 0.2) is 0 Å². The lowest BCUT2D eigenvalue weighted by Gasteiger charge is -2.19. The van der Waals surface area contributed by atoms with Crippen molar-refractivity contribution >= 4 is 16.9 Å². The van der Waals surface area contributed by atoms with Crippen LogP contribution >= 0.6 is 0 Å². The quantitative estimate of drug-likeness (QED) is 0.923. The Hall–Kier alpha value is -1.84. The summed E-state index contributed by atoms with van der Waals surface area (Å²) >= 11 is 0. The zero-order valence-corrected chi connectivity index (χ0v) is 11.6. The highest BCUT2D eigenvalue weighted by Gasteiger charge is 2.29. The maximum Gasteiger partial charge on any atom is 0.309 e. The molecule has 4 heteroatoms. The molecule has 2 rings (SSSR count). The molecule has 2 aromatic rings. The van der Waals surface area contributed by atoms with Crippen molar-refractivity contribution in [2.24, 2.45) is 12.5 Å². The van der Waals surface area contributed by atoms with E-state index in [1.807, 2.05) is 24.6 Å². The van der Waals surface area contributed by atoms with Crippen LogP contribution in [0.15, 0.2) is 18.2 Å². The van der Waals surface area contributed by atoms with Gasteiger partial charge in [-0.3, -0.25) is 4.79 Å². The third-order valence-corrected chi connectivity index (χ3v) is 3.69. The van der Waals surface area contributed by atoms with Gasteiger partial charge < -0.3 is 9.67 Å². The molecular weight excluding hydrogens is 245 g/mol. The van der Waals surface area contributed by atoms with Crippen LogP contribution in [0.4, 0.5) is 4.39 Å². The summed E-state index contributed by atoms with van der Waals surface area (Å²) in [5, 5.41) is 9.68. The number of benzene rings is 1. The molecule has 1 aromatic carbocycles. The predicted molar refractivity (Wildman–Crippen MR) is 72.7 cm³/mol. The third-order valence-electron chi connectivity index (χ3n) is 3.69. The summed E-state index contributed by atoms with van der Waals surface area (Å²) in [7, 11) is 1.89. The summed E-state index contributed by atoms with van der Waals surface area (Å²) in [5.74, 6) is -1.23. The minimum atomic E-state index is -0.974. The molecule has 1 heterocycles. The summed E-state index contributed by atoms with van der Waals surface area (Å²) < 4.78 is 16.4. The van der Waals surface area contributed by atoms with E-state index in [0.717, 1.165) is 11.2 Å². The number of nitrogens with zero attached hydrogens (tertiary/aromatic N) is 1. The van der Waals surface area contributed by atoms with E-state index >= 15 is 0 Å². The number of carboxylic acid groups (broad SMARTS) is 1. The Balaban J connectivity index is 2.52. The van der Waals surface area contributed by atoms with Crippen LogP contribution in [0.1, 0.15) is 25.1 Å². The lowest BCUT2D eigenvalue weighted by atomic mass is 9.85. The molecule has 0 aliphatic heterocycles. The van der Waals surface area contributed by atoms with Crippen molar-refractivity contribution in [3.63, 3.8) is 0 Å². The molecule has 0 saturated carbocycles. The van der Waals surface area contributed by atoms with Crippen molar-refractivity contribution in [2.45, 2.75) is 27.2 Å². The van der Waals surface area contributed by atoms with E-state index in [2.05, 4.69) is 0 Å². The van der Waals surface area contributed by atoms with Crippen LogP contribution in [0.25, 0.3) is 10.9 Å². The van der Waals surface area contributed by atoms with Gasteiger partial charge in [0.25, 0.3) is 0 Å². The van der Waals surface area contributed by atoms with Gasteiger partial charge in [-0.1, -0.05) is 6.07 Å². The van der Waals surface area contributed by atoms with Crippen LogP contribution in [0, 0.1) is 18.2 Å². The van der Waals surface area contributed by atoms with Crippen molar-refractivity contribution in [3.05, 3.63) is 35.3 Å². The first kappa shape index (κ1) is 13.6. The second kappa shape index (κ2) is 4.37. The number of aromatic nitrogens is 1. The normalized spacial score (nSPS) is 12.1. The molecular formula is C15H18FNO2. The summed E-state index contributed by atoms with van der Waals surface area (Å²) in [5.41, 5.74) is 1.28. The van der Waals surface area contributed by atoms with Crippen molar-refractivity contribution in [3.8, 4) is 0 Å². The number of hydrogen-bond acceptors (Lipinski definition) is 1. The fraction of sp³-hybridized carbons (Fsp3) is 0.400. The summed E-state index contributed by atoms with van der Waals surface area (Å²) in [6.45, 7) is 5.13. The van der Waals surface area contributed by atoms with E-state index in [-0.39, 0.29) is 12.2 Å². The summed E-state index contributed by atoms with van der Waals surface area (Å²) in [6.07, 6.45) is 0.179. The van der Waals surface area contributed by atoms with Crippen molar-refractivity contribution in [1.29, 1.82) is 0 Å². The van der Waals surface area contributed by atoms with E-state index in [0.29, 0.717) is 10.9 Å². The van der Waals surface area contributed by atoms with Crippen molar-refractivity contribution < 1.29 is 14.3 Å². The van der Waals surface area contributed by atoms with Crippen LogP contribution in [-0.2, 0) is 18.3 Å². The van der Waals surface area contributed by atoms with E-state index in [1.165, 1.54) is 0 Å². The van der Waals surface area contributed by atoms with E-state index < -0.39 is 11.4 Å². The van der Waals surface area contributed by atoms with Crippen molar-refractivity contribution in [2.75, 3.05) is 0 Å². The number of halogens is 1. The van der Waals surface area contributed by atoms with E-state index in [9.17, 15) is 9.18 Å². The lowest BCUT2D eigenvalue weighted by Crippen LogP contribution is -2.26. The Bertz CT molecular complexity index is 656. The number of aryl methyl sites for hydroxylation is 2. The van der Waals surface area contributed by atoms with Crippen LogP contribution in [-0.4, -0.2) is 15.6 Å². The topological polar surface area (TPSA) is 42.2 Å². The predicted octanol–water partition coefficient (Wildman–Crippen LogP) is 3.28. The molecule has 0 unspecified atom stereocenters. The fourth-order valence-corrected chi connectivity index (χ4v) is 2.24. The molecule has 102 valence electrons. The SMILES string of the molecule is Cc1cc2c(F)c(CC(C)(C)C(=O)O)ccc2n1C. The monoisotopic (exact) mass is 263 g/mol. The highest BCUT2D eigenvalue weighted by molar-refractivity contribution is 5.83. The molecule has 0 saturated heterocycles. The molecule has 0 spiro atoms. The maximum atomic E-state index is 14.4. The first-order valence-electron chi connectivity index (χ1n) is 6.21. The van der Waals surface area contributed by atoms with Gasteiger partial charge in [0.2, 0.25) is 0 Å². The van der Waals surface area contributed by atoms with Crippen LogP contribution in [0.5, 0.6) is 0 Å². The molecule has 19 heavy (non-hydrogen) atoms. The molecule has 0 atom stereocenters. The zero-order valence-electron chi connectivity index (χ0n) is 11.6. The van der Waals surface area contributed by atoms with Gasteiger partial charge >= 0.3 is 5.97 Å². The second-order valence-corrected chi connectivity index (χ2v) is 5.68. The number of aliphatic carboxylic acids is 1. The molecule has 0 radical (unpaired) electrons. The standard InChI is InChI=1S/C15H18FNO2/c1-9-7-11-12(17(9)4)6-5-10(13(11)16)8-15(2,3)14(18)19/h5-7H,8H2,1-4H3,(H,18,19). The average Bonchev–Trinajstić information content (AvgIpc) is 2.60. The number of hydrogen-bond donors (Lipinski definition) is 1. The number of carbonyl (C=O) groups is 1. The smallest absolute Gasteiger partial charge is 0.309 e. The van der Waals surface area contributed by atoms with E-state index in [4.69, 9.17) is 5.11 Å². The Morgan fingerprint density at radius 2 is 2.05 bits per heavy atom. The highest BCUT2D eigenvalue weighted by atomic mass is 19.1. The lowest BCUT2D eigenvalue weighted by molar-refractivity contribution is -0.146. The minimum absolute atomic E-state index is 0.179. The number of fused-ring (bicyclic) bond motifs is 1. The van der Waals surface area contributed by atoms with Gasteiger partial charge in [0.05, 0.1) is 10.9 Å². The first-order chi connectivity index (χ1) is 8.74. The molecule has 0 fully saturated rings. The Morgan fingerprint density at radius 1 is 1.42 bits per heavy atom. The Morgan fingerprint density at radius 3 is 2.63 bits per heavy atom. The van der Waals surface area contributed by atoms with E-state index in [1.54, 1.807) is 26.0 Å². The zero-order chi connectivity index (χ0) is 14.4. The van der Waals surface area contributed by atoms with Crippen LogP contribution in [0.2, 0.25) is 0 Å². The van der Waals surface area contributed by atoms with Gasteiger partial charge in [-0.05, 0) is 44.9 Å². The van der Waals surface area contributed by atoms with Gasteiger partial charge in [0, 0.05) is 18.1 Å². The first-order valence-corrected chi connectivity index (χ1v) is 6.21. The van der Waals surface area contributed by atoms with Gasteiger partial charge in [0.1, 0.15) is 5.82 Å². The molecule has 0 aliphatic carbocycles. The van der Waals surface area contributed by atoms with Crippen molar-refractivity contribution in [1.82, 2.24) is 4.57 Å². The Kier molecular flexibility index (Phi) is 3.12. The van der Waals surface area contributed by atoms with Gasteiger partial charge in [-0.25, -0.2) is 4.39 Å².